The molecule has 0 aliphatic carbocycles. The summed E-state index contributed by atoms with van der Waals surface area (Å²) in [5.41, 5.74) is 10.4. The zero-order valence-electron chi connectivity index (χ0n) is 13.7. The van der Waals surface area contributed by atoms with Crippen LogP contribution >= 0.6 is 11.6 Å². The van der Waals surface area contributed by atoms with Crippen LogP contribution in [0.15, 0.2) is 54.7 Å². The highest BCUT2D eigenvalue weighted by atomic mass is 35.5. The van der Waals surface area contributed by atoms with Gasteiger partial charge in [0.25, 0.3) is 0 Å². The first-order valence-corrected chi connectivity index (χ1v) is 8.30. The van der Waals surface area contributed by atoms with Gasteiger partial charge in [0.15, 0.2) is 5.65 Å². The predicted octanol–water partition coefficient (Wildman–Crippen LogP) is 3.56. The fourth-order valence-corrected chi connectivity index (χ4v) is 3.22. The number of fused-ring (bicyclic) bond motifs is 1. The Hall–Kier alpha value is -2.86. The van der Waals surface area contributed by atoms with E-state index in [0.29, 0.717) is 33.1 Å². The SMILES string of the molecule is [B]c1cccc(-c2cnn3c(N)c(-c4cccc(Cl)c4)c(CF)nc23)c1. The topological polar surface area (TPSA) is 56.2 Å². The largest absolute Gasteiger partial charge is 0.383 e. The molecule has 0 spiro atoms. The highest BCUT2D eigenvalue weighted by Crippen LogP contribution is 2.34. The second-order valence-electron chi connectivity index (χ2n) is 5.88. The highest BCUT2D eigenvalue weighted by Gasteiger charge is 2.19. The number of alkyl halides is 1. The zero-order valence-corrected chi connectivity index (χ0v) is 14.4. The molecule has 2 heterocycles. The second kappa shape index (κ2) is 6.46. The number of benzene rings is 2. The average molecular weight is 363 g/mol. The van der Waals surface area contributed by atoms with Gasteiger partial charge in [-0.25, -0.2) is 9.37 Å². The van der Waals surface area contributed by atoms with Crippen LogP contribution < -0.4 is 11.2 Å². The first-order valence-electron chi connectivity index (χ1n) is 7.92. The molecule has 0 unspecified atom stereocenters. The Morgan fingerprint density at radius 1 is 1.12 bits per heavy atom. The van der Waals surface area contributed by atoms with Gasteiger partial charge in [-0.1, -0.05) is 53.5 Å². The van der Waals surface area contributed by atoms with Crippen LogP contribution in [0.5, 0.6) is 0 Å². The van der Waals surface area contributed by atoms with Crippen molar-refractivity contribution in [2.75, 3.05) is 5.73 Å². The van der Waals surface area contributed by atoms with E-state index in [2.05, 4.69) is 10.1 Å². The second-order valence-corrected chi connectivity index (χ2v) is 6.32. The van der Waals surface area contributed by atoms with Crippen molar-refractivity contribution in [1.82, 2.24) is 14.6 Å². The molecule has 2 aromatic heterocycles. The zero-order chi connectivity index (χ0) is 18.3. The molecule has 4 rings (SSSR count). The van der Waals surface area contributed by atoms with E-state index in [9.17, 15) is 4.39 Å². The monoisotopic (exact) mass is 362 g/mol. The van der Waals surface area contributed by atoms with Crippen molar-refractivity contribution in [3.05, 3.63) is 65.4 Å². The number of anilines is 1. The molecule has 0 aliphatic rings. The van der Waals surface area contributed by atoms with Crippen LogP contribution in [0, 0.1) is 0 Å². The maximum absolute atomic E-state index is 13.8. The van der Waals surface area contributed by atoms with Crippen LogP contribution in [0.3, 0.4) is 0 Å². The molecule has 7 heteroatoms. The molecule has 126 valence electrons. The number of rotatable bonds is 3. The Morgan fingerprint density at radius 3 is 2.62 bits per heavy atom. The highest BCUT2D eigenvalue weighted by molar-refractivity contribution is 6.32. The molecule has 4 nitrogen and oxygen atoms in total. The van der Waals surface area contributed by atoms with Gasteiger partial charge in [-0.2, -0.15) is 9.61 Å². The lowest BCUT2D eigenvalue weighted by molar-refractivity contribution is 0.477. The van der Waals surface area contributed by atoms with Crippen LogP contribution in [-0.2, 0) is 6.67 Å². The summed E-state index contributed by atoms with van der Waals surface area (Å²) in [5, 5.41) is 4.88. The Bertz CT molecular complexity index is 1130. The first kappa shape index (κ1) is 16.6. The van der Waals surface area contributed by atoms with Crippen LogP contribution in [0.25, 0.3) is 27.9 Å². The van der Waals surface area contributed by atoms with Crippen molar-refractivity contribution in [2.24, 2.45) is 0 Å². The average Bonchev–Trinajstić information content (AvgIpc) is 3.05. The quantitative estimate of drug-likeness (QED) is 0.567. The van der Waals surface area contributed by atoms with Gasteiger partial charge < -0.3 is 5.73 Å². The van der Waals surface area contributed by atoms with Crippen molar-refractivity contribution < 1.29 is 4.39 Å². The van der Waals surface area contributed by atoms with Crippen LogP contribution in [0.2, 0.25) is 5.02 Å². The van der Waals surface area contributed by atoms with E-state index in [0.717, 1.165) is 11.1 Å². The van der Waals surface area contributed by atoms with E-state index < -0.39 is 6.67 Å². The third kappa shape index (κ3) is 2.72. The molecule has 0 fully saturated rings. The van der Waals surface area contributed by atoms with E-state index in [1.54, 1.807) is 30.5 Å². The summed E-state index contributed by atoms with van der Waals surface area (Å²) in [7, 11) is 5.86. The van der Waals surface area contributed by atoms with Crippen molar-refractivity contribution in [1.29, 1.82) is 0 Å². The standard InChI is InChI=1S/C19H13BClFN4/c20-13-5-1-3-11(7-13)15-10-24-26-18(23)17(16(9-22)25-19(15)26)12-4-2-6-14(21)8-12/h1-8,10H,9,23H2. The molecule has 0 atom stereocenters. The molecule has 2 radical (unpaired) electrons. The molecular formula is C19H13BClFN4. The Kier molecular flexibility index (Phi) is 4.13. The molecule has 0 aliphatic heterocycles. The molecule has 0 bridgehead atoms. The van der Waals surface area contributed by atoms with Gasteiger partial charge in [0.1, 0.15) is 20.3 Å². The summed E-state index contributed by atoms with van der Waals surface area (Å²) in [5.74, 6) is 0.306. The van der Waals surface area contributed by atoms with E-state index in [1.807, 2.05) is 24.3 Å². The molecule has 26 heavy (non-hydrogen) atoms. The number of hydrogen-bond acceptors (Lipinski definition) is 3. The lowest BCUT2D eigenvalue weighted by atomic mass is 9.93. The number of nitrogens with zero attached hydrogens (tertiary/aromatic N) is 3. The molecule has 2 aromatic carbocycles. The molecule has 0 saturated heterocycles. The van der Waals surface area contributed by atoms with Crippen LogP contribution in [0.1, 0.15) is 5.69 Å². The number of nitrogens with two attached hydrogens (primary N) is 1. The minimum Gasteiger partial charge on any atom is -0.383 e. The molecule has 0 saturated carbocycles. The normalized spacial score (nSPS) is 11.2. The maximum atomic E-state index is 13.8. The van der Waals surface area contributed by atoms with E-state index >= 15 is 0 Å². The minimum atomic E-state index is -0.760. The van der Waals surface area contributed by atoms with E-state index in [1.165, 1.54) is 4.52 Å². The third-order valence-corrected chi connectivity index (χ3v) is 4.43. The van der Waals surface area contributed by atoms with Gasteiger partial charge in [0.2, 0.25) is 0 Å². The Balaban J connectivity index is 1.99. The number of aromatic nitrogens is 3. The van der Waals surface area contributed by atoms with E-state index in [4.69, 9.17) is 25.2 Å². The van der Waals surface area contributed by atoms with E-state index in [-0.39, 0.29) is 5.69 Å². The van der Waals surface area contributed by atoms with Crippen LogP contribution in [-0.4, -0.2) is 22.4 Å². The lowest BCUT2D eigenvalue weighted by Gasteiger charge is -2.12. The number of halogens is 2. The smallest absolute Gasteiger partial charge is 0.165 e. The Labute approximate surface area is 155 Å². The summed E-state index contributed by atoms with van der Waals surface area (Å²) in [6.07, 6.45) is 1.65. The summed E-state index contributed by atoms with van der Waals surface area (Å²) >= 11 is 6.07. The molecule has 2 N–H and O–H groups in total. The predicted molar refractivity (Wildman–Crippen MR) is 103 cm³/mol. The maximum Gasteiger partial charge on any atom is 0.165 e. The Morgan fingerprint density at radius 2 is 1.88 bits per heavy atom. The number of hydrogen-bond donors (Lipinski definition) is 1. The minimum absolute atomic E-state index is 0.239. The summed E-state index contributed by atoms with van der Waals surface area (Å²) in [6.45, 7) is -0.760. The van der Waals surface area contributed by atoms with Crippen molar-refractivity contribution in [3.63, 3.8) is 0 Å². The number of nitrogen functional groups attached to an aromatic ring is 1. The van der Waals surface area contributed by atoms with Gasteiger partial charge in [-0.15, -0.1) is 0 Å². The molecule has 4 aromatic rings. The molecule has 0 amide bonds. The fourth-order valence-electron chi connectivity index (χ4n) is 3.03. The summed E-state index contributed by atoms with van der Waals surface area (Å²) < 4.78 is 15.3. The summed E-state index contributed by atoms with van der Waals surface area (Å²) in [6, 6.07) is 14.4. The third-order valence-electron chi connectivity index (χ3n) is 4.20. The van der Waals surface area contributed by atoms with Crippen LogP contribution in [0.4, 0.5) is 10.2 Å². The van der Waals surface area contributed by atoms with Gasteiger partial charge in [-0.05, 0) is 23.3 Å². The molecular weight excluding hydrogens is 350 g/mol. The van der Waals surface area contributed by atoms with Gasteiger partial charge >= 0.3 is 0 Å². The van der Waals surface area contributed by atoms with Crippen molar-refractivity contribution in [3.8, 4) is 22.3 Å². The fraction of sp³-hybridized carbons (Fsp3) is 0.0526. The van der Waals surface area contributed by atoms with Gasteiger partial charge in [-0.3, -0.25) is 0 Å². The lowest BCUT2D eigenvalue weighted by Crippen LogP contribution is -2.07. The summed E-state index contributed by atoms with van der Waals surface area (Å²) in [4.78, 5) is 4.49. The van der Waals surface area contributed by atoms with Crippen molar-refractivity contribution >= 4 is 36.4 Å². The van der Waals surface area contributed by atoms with Crippen molar-refractivity contribution in [2.45, 2.75) is 6.67 Å². The van der Waals surface area contributed by atoms with Gasteiger partial charge in [0.05, 0.1) is 11.9 Å². The van der Waals surface area contributed by atoms with Gasteiger partial charge in [0, 0.05) is 16.1 Å². The first-order chi connectivity index (χ1) is 12.6.